The van der Waals surface area contributed by atoms with E-state index in [1.165, 1.54) is 12.8 Å². The lowest BCUT2D eigenvalue weighted by Gasteiger charge is -2.29. The second kappa shape index (κ2) is 7.97. The maximum absolute atomic E-state index is 12.8. The van der Waals surface area contributed by atoms with E-state index in [1.807, 2.05) is 36.9 Å². The summed E-state index contributed by atoms with van der Waals surface area (Å²) in [5.74, 6) is -0.0490. The third-order valence-electron chi connectivity index (χ3n) is 4.17. The average Bonchev–Trinajstić information content (AvgIpc) is 2.81. The summed E-state index contributed by atoms with van der Waals surface area (Å²) >= 11 is 0. The van der Waals surface area contributed by atoms with Crippen LogP contribution in [0.15, 0.2) is 30.3 Å². The molecule has 0 aromatic heterocycles. The van der Waals surface area contributed by atoms with Crippen molar-refractivity contribution in [3.05, 3.63) is 35.9 Å². The highest BCUT2D eigenvalue weighted by Gasteiger charge is 2.29. The largest absolute Gasteiger partial charge is 0.341 e. The predicted molar refractivity (Wildman–Crippen MR) is 87.6 cm³/mol. The maximum Gasteiger partial charge on any atom is 0.251 e. The highest BCUT2D eigenvalue weighted by molar-refractivity contribution is 5.97. The van der Waals surface area contributed by atoms with Crippen molar-refractivity contribution < 1.29 is 9.59 Å². The van der Waals surface area contributed by atoms with E-state index in [2.05, 4.69) is 5.32 Å². The first-order valence-electron chi connectivity index (χ1n) is 8.24. The lowest BCUT2D eigenvalue weighted by Crippen LogP contribution is -2.51. The molecule has 1 N–H and O–H groups in total. The Morgan fingerprint density at radius 1 is 1.00 bits per heavy atom. The SMILES string of the molecule is CC(C)[C@H](NC(=O)c1ccccc1)C(=O)N1CCCCCC1. The van der Waals surface area contributed by atoms with Crippen LogP contribution in [0.3, 0.4) is 0 Å². The van der Waals surface area contributed by atoms with Crippen LogP contribution in [0.4, 0.5) is 0 Å². The molecule has 4 nitrogen and oxygen atoms in total. The van der Waals surface area contributed by atoms with Gasteiger partial charge in [-0.1, -0.05) is 44.9 Å². The van der Waals surface area contributed by atoms with Crippen LogP contribution < -0.4 is 5.32 Å². The number of hydrogen-bond donors (Lipinski definition) is 1. The lowest BCUT2D eigenvalue weighted by molar-refractivity contribution is -0.134. The van der Waals surface area contributed by atoms with Crippen molar-refractivity contribution in [2.24, 2.45) is 5.92 Å². The van der Waals surface area contributed by atoms with Crippen molar-refractivity contribution in [3.63, 3.8) is 0 Å². The van der Waals surface area contributed by atoms with Crippen LogP contribution >= 0.6 is 0 Å². The third-order valence-corrected chi connectivity index (χ3v) is 4.17. The van der Waals surface area contributed by atoms with Gasteiger partial charge in [0.1, 0.15) is 6.04 Å². The second-order valence-electron chi connectivity index (χ2n) is 6.30. The van der Waals surface area contributed by atoms with E-state index in [9.17, 15) is 9.59 Å². The van der Waals surface area contributed by atoms with Crippen LogP contribution in [0.1, 0.15) is 49.9 Å². The van der Waals surface area contributed by atoms with Crippen molar-refractivity contribution in [2.75, 3.05) is 13.1 Å². The molecule has 1 heterocycles. The summed E-state index contributed by atoms with van der Waals surface area (Å²) in [5, 5.41) is 2.92. The molecule has 1 atom stereocenters. The standard InChI is InChI=1S/C18H26N2O2/c1-14(2)16(18(22)20-12-8-3-4-9-13-20)19-17(21)15-10-6-5-7-11-15/h5-7,10-11,14,16H,3-4,8-9,12-13H2,1-2H3,(H,19,21)/t16-/m0/s1. The van der Waals surface area contributed by atoms with E-state index < -0.39 is 6.04 Å². The van der Waals surface area contributed by atoms with Crippen molar-refractivity contribution in [1.82, 2.24) is 10.2 Å². The number of benzene rings is 1. The molecule has 1 aliphatic rings. The van der Waals surface area contributed by atoms with Crippen molar-refractivity contribution in [3.8, 4) is 0 Å². The quantitative estimate of drug-likeness (QED) is 0.930. The monoisotopic (exact) mass is 302 g/mol. The van der Waals surface area contributed by atoms with Gasteiger partial charge in [0.25, 0.3) is 5.91 Å². The molecule has 0 aliphatic carbocycles. The van der Waals surface area contributed by atoms with Crippen LogP contribution in [0.5, 0.6) is 0 Å². The summed E-state index contributed by atoms with van der Waals surface area (Å²) in [6.45, 7) is 5.57. The van der Waals surface area contributed by atoms with E-state index in [1.54, 1.807) is 12.1 Å². The summed E-state index contributed by atoms with van der Waals surface area (Å²) < 4.78 is 0. The Hall–Kier alpha value is -1.84. The number of likely N-dealkylation sites (tertiary alicyclic amines) is 1. The van der Waals surface area contributed by atoms with Crippen LogP contribution in [0.25, 0.3) is 0 Å². The zero-order valence-electron chi connectivity index (χ0n) is 13.5. The molecular formula is C18H26N2O2. The molecule has 1 saturated heterocycles. The van der Waals surface area contributed by atoms with Crippen molar-refractivity contribution >= 4 is 11.8 Å². The van der Waals surface area contributed by atoms with Gasteiger partial charge in [-0.2, -0.15) is 0 Å². The molecule has 0 spiro atoms. The Bertz CT molecular complexity index is 491. The lowest BCUT2D eigenvalue weighted by atomic mass is 10.0. The van der Waals surface area contributed by atoms with Gasteiger partial charge in [-0.25, -0.2) is 0 Å². The number of amides is 2. The number of rotatable bonds is 4. The molecule has 1 aliphatic heterocycles. The molecule has 2 amide bonds. The fourth-order valence-electron chi connectivity index (χ4n) is 2.82. The predicted octanol–water partition coefficient (Wildman–Crippen LogP) is 2.84. The Morgan fingerprint density at radius 3 is 2.14 bits per heavy atom. The fraction of sp³-hybridized carbons (Fsp3) is 0.556. The van der Waals surface area contributed by atoms with Crippen LogP contribution in [-0.2, 0) is 4.79 Å². The molecule has 0 radical (unpaired) electrons. The molecule has 22 heavy (non-hydrogen) atoms. The van der Waals surface area contributed by atoms with Gasteiger partial charge in [0.05, 0.1) is 0 Å². The van der Waals surface area contributed by atoms with E-state index in [0.717, 1.165) is 25.9 Å². The highest BCUT2D eigenvalue weighted by Crippen LogP contribution is 2.14. The summed E-state index contributed by atoms with van der Waals surface area (Å²) in [7, 11) is 0. The summed E-state index contributed by atoms with van der Waals surface area (Å²) in [6, 6.07) is 8.61. The minimum Gasteiger partial charge on any atom is -0.341 e. The van der Waals surface area contributed by atoms with Gasteiger partial charge >= 0.3 is 0 Å². The average molecular weight is 302 g/mol. The van der Waals surface area contributed by atoms with Gasteiger partial charge in [-0.3, -0.25) is 9.59 Å². The number of carbonyl (C=O) groups is 2. The minimum atomic E-state index is -0.453. The molecule has 1 fully saturated rings. The van der Waals surface area contributed by atoms with Crippen molar-refractivity contribution in [1.29, 1.82) is 0 Å². The molecule has 0 unspecified atom stereocenters. The van der Waals surface area contributed by atoms with Gasteiger partial charge in [-0.15, -0.1) is 0 Å². The summed E-state index contributed by atoms with van der Waals surface area (Å²) in [4.78, 5) is 27.0. The van der Waals surface area contributed by atoms with Gasteiger partial charge < -0.3 is 10.2 Å². The molecule has 120 valence electrons. The van der Waals surface area contributed by atoms with Crippen molar-refractivity contribution in [2.45, 2.75) is 45.6 Å². The normalized spacial score (nSPS) is 17.0. The molecule has 1 aromatic carbocycles. The van der Waals surface area contributed by atoms with Gasteiger partial charge in [0.2, 0.25) is 5.91 Å². The topological polar surface area (TPSA) is 49.4 Å². The zero-order valence-corrected chi connectivity index (χ0v) is 13.5. The molecule has 0 bridgehead atoms. The van der Waals surface area contributed by atoms with Gasteiger partial charge in [0, 0.05) is 18.7 Å². The summed E-state index contributed by atoms with van der Waals surface area (Å²) in [6.07, 6.45) is 4.49. The van der Waals surface area contributed by atoms with Gasteiger partial charge in [-0.05, 0) is 30.9 Å². The first kappa shape index (κ1) is 16.5. The van der Waals surface area contributed by atoms with E-state index in [-0.39, 0.29) is 17.7 Å². The molecule has 1 aromatic rings. The highest BCUT2D eigenvalue weighted by atomic mass is 16.2. The smallest absolute Gasteiger partial charge is 0.251 e. The first-order chi connectivity index (χ1) is 10.6. The second-order valence-corrected chi connectivity index (χ2v) is 6.30. The molecule has 2 rings (SSSR count). The van der Waals surface area contributed by atoms with Crippen LogP contribution in [-0.4, -0.2) is 35.8 Å². The fourth-order valence-corrected chi connectivity index (χ4v) is 2.82. The Balaban J connectivity index is 2.05. The van der Waals surface area contributed by atoms with E-state index in [4.69, 9.17) is 0 Å². The number of hydrogen-bond acceptors (Lipinski definition) is 2. The molecule has 4 heteroatoms. The Morgan fingerprint density at radius 2 is 1.59 bits per heavy atom. The Kier molecular flexibility index (Phi) is 5.99. The molecule has 0 saturated carbocycles. The minimum absolute atomic E-state index is 0.0566. The van der Waals surface area contributed by atoms with Crippen LogP contribution in [0.2, 0.25) is 0 Å². The van der Waals surface area contributed by atoms with E-state index >= 15 is 0 Å². The third kappa shape index (κ3) is 4.33. The number of nitrogens with one attached hydrogen (secondary N) is 1. The van der Waals surface area contributed by atoms with Gasteiger partial charge in [0.15, 0.2) is 0 Å². The first-order valence-corrected chi connectivity index (χ1v) is 8.24. The molecular weight excluding hydrogens is 276 g/mol. The number of carbonyl (C=O) groups excluding carboxylic acids is 2. The maximum atomic E-state index is 12.8. The Labute approximate surface area is 132 Å². The zero-order chi connectivity index (χ0) is 15.9. The van der Waals surface area contributed by atoms with E-state index in [0.29, 0.717) is 5.56 Å². The van der Waals surface area contributed by atoms with Crippen LogP contribution in [0, 0.1) is 5.92 Å². The number of nitrogens with zero attached hydrogens (tertiary/aromatic N) is 1. The summed E-state index contributed by atoms with van der Waals surface area (Å²) in [5.41, 5.74) is 0.594.